The molecule has 90 valence electrons. The Kier molecular flexibility index (Phi) is 4.35. The molecular weight excluding hydrogens is 215 g/mol. The molecule has 0 bridgehead atoms. The third kappa shape index (κ3) is 3.52. The van der Waals surface area contributed by atoms with Gasteiger partial charge >= 0.3 is 6.18 Å². The molecule has 16 heavy (non-hydrogen) atoms. The average molecular weight is 231 g/mol. The lowest BCUT2D eigenvalue weighted by Gasteiger charge is -2.12. The number of hydrogen-bond acceptors (Lipinski definition) is 1. The summed E-state index contributed by atoms with van der Waals surface area (Å²) in [5.74, 6) is 0.255. The van der Waals surface area contributed by atoms with Crippen LogP contribution >= 0.6 is 0 Å². The number of hydrogen-bond donors (Lipinski definition) is 1. The Morgan fingerprint density at radius 1 is 1.19 bits per heavy atom. The second-order valence-electron chi connectivity index (χ2n) is 3.95. The van der Waals surface area contributed by atoms with Gasteiger partial charge in [-0.25, -0.2) is 0 Å². The maximum atomic E-state index is 12.3. The van der Waals surface area contributed by atoms with Crippen molar-refractivity contribution >= 4 is 0 Å². The zero-order valence-electron chi connectivity index (χ0n) is 9.22. The zero-order chi connectivity index (χ0) is 12.2. The highest BCUT2D eigenvalue weighted by atomic mass is 19.4. The van der Waals surface area contributed by atoms with Crippen LogP contribution in [0, 0.1) is 0 Å². The Labute approximate surface area is 93.5 Å². The Morgan fingerprint density at radius 2 is 1.75 bits per heavy atom. The van der Waals surface area contributed by atoms with Gasteiger partial charge in [-0.3, -0.25) is 0 Å². The minimum Gasteiger partial charge on any atom is -0.330 e. The summed E-state index contributed by atoms with van der Waals surface area (Å²) >= 11 is 0. The molecular formula is C12H16F3N. The van der Waals surface area contributed by atoms with E-state index in [0.29, 0.717) is 6.54 Å². The molecule has 0 aliphatic rings. The SMILES string of the molecule is CC(CCCN)c1ccc(C(F)(F)F)cc1. The first kappa shape index (κ1) is 13.0. The van der Waals surface area contributed by atoms with Crippen molar-refractivity contribution in [3.8, 4) is 0 Å². The highest BCUT2D eigenvalue weighted by Gasteiger charge is 2.30. The van der Waals surface area contributed by atoms with Crippen LogP contribution in [-0.2, 0) is 6.18 Å². The normalized spacial score (nSPS) is 13.8. The largest absolute Gasteiger partial charge is 0.416 e. The van der Waals surface area contributed by atoms with Crippen molar-refractivity contribution in [2.45, 2.75) is 31.9 Å². The summed E-state index contributed by atoms with van der Waals surface area (Å²) < 4.78 is 36.9. The van der Waals surface area contributed by atoms with Crippen molar-refractivity contribution in [3.05, 3.63) is 35.4 Å². The van der Waals surface area contributed by atoms with E-state index >= 15 is 0 Å². The molecule has 0 saturated carbocycles. The Bertz CT molecular complexity index is 316. The van der Waals surface area contributed by atoms with E-state index in [4.69, 9.17) is 5.73 Å². The Hall–Kier alpha value is -1.03. The van der Waals surface area contributed by atoms with Crippen molar-refractivity contribution < 1.29 is 13.2 Å². The second-order valence-corrected chi connectivity index (χ2v) is 3.95. The van der Waals surface area contributed by atoms with Crippen LogP contribution in [0.3, 0.4) is 0 Å². The monoisotopic (exact) mass is 231 g/mol. The first-order chi connectivity index (χ1) is 7.45. The van der Waals surface area contributed by atoms with Crippen LogP contribution in [0.1, 0.15) is 36.8 Å². The molecule has 0 amide bonds. The third-order valence-electron chi connectivity index (χ3n) is 2.65. The molecule has 1 atom stereocenters. The lowest BCUT2D eigenvalue weighted by atomic mass is 9.95. The standard InChI is InChI=1S/C12H16F3N/c1-9(3-2-8-16)10-4-6-11(7-5-10)12(13,14)15/h4-7,9H,2-3,8,16H2,1H3. The molecule has 0 aliphatic heterocycles. The number of halogens is 3. The molecule has 0 saturated heterocycles. The lowest BCUT2D eigenvalue weighted by molar-refractivity contribution is -0.137. The van der Waals surface area contributed by atoms with Gasteiger partial charge < -0.3 is 5.73 Å². The summed E-state index contributed by atoms with van der Waals surface area (Å²) in [5.41, 5.74) is 5.72. The van der Waals surface area contributed by atoms with Crippen molar-refractivity contribution in [2.24, 2.45) is 5.73 Å². The van der Waals surface area contributed by atoms with Gasteiger partial charge in [-0.1, -0.05) is 19.1 Å². The third-order valence-corrected chi connectivity index (χ3v) is 2.65. The van der Waals surface area contributed by atoms with Gasteiger partial charge in [-0.15, -0.1) is 0 Å². The predicted molar refractivity (Wildman–Crippen MR) is 58.1 cm³/mol. The molecule has 2 N–H and O–H groups in total. The fraction of sp³-hybridized carbons (Fsp3) is 0.500. The summed E-state index contributed by atoms with van der Waals surface area (Å²) in [7, 11) is 0. The van der Waals surface area contributed by atoms with E-state index in [-0.39, 0.29) is 5.92 Å². The van der Waals surface area contributed by atoms with Crippen LogP contribution in [0.2, 0.25) is 0 Å². The zero-order valence-corrected chi connectivity index (χ0v) is 9.22. The van der Waals surface area contributed by atoms with Crippen LogP contribution < -0.4 is 5.73 Å². The molecule has 1 aromatic carbocycles. The summed E-state index contributed by atoms with van der Waals surface area (Å²) in [6.07, 6.45) is -2.46. The highest BCUT2D eigenvalue weighted by Crippen LogP contribution is 2.30. The molecule has 0 spiro atoms. The predicted octanol–water partition coefficient (Wildman–Crippen LogP) is 3.55. The molecule has 0 aliphatic carbocycles. The van der Waals surface area contributed by atoms with Crippen LogP contribution in [-0.4, -0.2) is 6.54 Å². The fourth-order valence-corrected chi connectivity index (χ4v) is 1.59. The first-order valence-electron chi connectivity index (χ1n) is 5.32. The number of nitrogens with two attached hydrogens (primary N) is 1. The van der Waals surface area contributed by atoms with Gasteiger partial charge in [-0.2, -0.15) is 13.2 Å². The van der Waals surface area contributed by atoms with Crippen LogP contribution in [0.5, 0.6) is 0 Å². The molecule has 0 fully saturated rings. The van der Waals surface area contributed by atoms with Crippen LogP contribution in [0.4, 0.5) is 13.2 Å². The van der Waals surface area contributed by atoms with E-state index in [2.05, 4.69) is 0 Å². The van der Waals surface area contributed by atoms with E-state index in [9.17, 15) is 13.2 Å². The van der Waals surface area contributed by atoms with Gasteiger partial charge in [0.15, 0.2) is 0 Å². The summed E-state index contributed by atoms with van der Waals surface area (Å²) in [5, 5.41) is 0. The molecule has 1 unspecified atom stereocenters. The van der Waals surface area contributed by atoms with E-state index in [0.717, 1.165) is 30.5 Å². The molecule has 0 radical (unpaired) electrons. The Morgan fingerprint density at radius 3 is 2.19 bits per heavy atom. The van der Waals surface area contributed by atoms with Crippen molar-refractivity contribution in [2.75, 3.05) is 6.54 Å². The molecule has 0 heterocycles. The van der Waals surface area contributed by atoms with E-state index in [1.54, 1.807) is 12.1 Å². The van der Waals surface area contributed by atoms with Gasteiger partial charge in [0.1, 0.15) is 0 Å². The van der Waals surface area contributed by atoms with Gasteiger partial charge in [0.05, 0.1) is 5.56 Å². The minimum atomic E-state index is -4.25. The Balaban J connectivity index is 2.71. The molecule has 1 rings (SSSR count). The second kappa shape index (κ2) is 5.34. The smallest absolute Gasteiger partial charge is 0.330 e. The van der Waals surface area contributed by atoms with Crippen LogP contribution in [0.25, 0.3) is 0 Å². The maximum absolute atomic E-state index is 12.3. The van der Waals surface area contributed by atoms with Crippen molar-refractivity contribution in [1.82, 2.24) is 0 Å². The van der Waals surface area contributed by atoms with Crippen molar-refractivity contribution in [1.29, 1.82) is 0 Å². The lowest BCUT2D eigenvalue weighted by Crippen LogP contribution is -2.05. The average Bonchev–Trinajstić information content (AvgIpc) is 2.25. The summed E-state index contributed by atoms with van der Waals surface area (Å²) in [4.78, 5) is 0. The highest BCUT2D eigenvalue weighted by molar-refractivity contribution is 5.26. The quantitative estimate of drug-likeness (QED) is 0.842. The first-order valence-corrected chi connectivity index (χ1v) is 5.32. The number of rotatable bonds is 4. The molecule has 1 aromatic rings. The van der Waals surface area contributed by atoms with E-state index in [1.165, 1.54) is 0 Å². The minimum absolute atomic E-state index is 0.255. The molecule has 1 nitrogen and oxygen atoms in total. The van der Waals surface area contributed by atoms with E-state index in [1.807, 2.05) is 6.92 Å². The van der Waals surface area contributed by atoms with Gasteiger partial charge in [-0.05, 0) is 43.0 Å². The van der Waals surface area contributed by atoms with E-state index < -0.39 is 11.7 Å². The molecule has 4 heteroatoms. The topological polar surface area (TPSA) is 26.0 Å². The van der Waals surface area contributed by atoms with Gasteiger partial charge in [0.2, 0.25) is 0 Å². The molecule has 0 aromatic heterocycles. The fourth-order valence-electron chi connectivity index (χ4n) is 1.59. The summed E-state index contributed by atoms with van der Waals surface area (Å²) in [6.45, 7) is 2.61. The number of benzene rings is 1. The maximum Gasteiger partial charge on any atom is 0.416 e. The van der Waals surface area contributed by atoms with Crippen molar-refractivity contribution in [3.63, 3.8) is 0 Å². The number of alkyl halides is 3. The van der Waals surface area contributed by atoms with Gasteiger partial charge in [0.25, 0.3) is 0 Å². The summed E-state index contributed by atoms with van der Waals surface area (Å²) in [6, 6.07) is 5.36. The van der Waals surface area contributed by atoms with Crippen LogP contribution in [0.15, 0.2) is 24.3 Å². The van der Waals surface area contributed by atoms with Gasteiger partial charge in [0, 0.05) is 0 Å².